The summed E-state index contributed by atoms with van der Waals surface area (Å²) in [5.74, 6) is 4.23. The molecule has 2 aromatic heterocycles. The molecule has 5 heterocycles. The lowest BCUT2D eigenvalue weighted by molar-refractivity contribution is -0.137. The summed E-state index contributed by atoms with van der Waals surface area (Å²) in [5.41, 5.74) is 6.45. The minimum Gasteiger partial charge on any atom is -0.477 e. The van der Waals surface area contributed by atoms with Gasteiger partial charge in [0.25, 0.3) is 0 Å². The second-order valence-corrected chi connectivity index (χ2v) is 12.1. The highest BCUT2D eigenvalue weighted by molar-refractivity contribution is 5.77. The molecule has 39 heavy (non-hydrogen) atoms. The minimum atomic E-state index is -0.0852. The van der Waals surface area contributed by atoms with Crippen molar-refractivity contribution in [2.45, 2.75) is 77.8 Å². The zero-order valence-electron chi connectivity index (χ0n) is 23.8. The number of hydrogen-bond donors (Lipinski definition) is 1. The number of anilines is 2. The monoisotopic (exact) mass is 540 g/mol. The van der Waals surface area contributed by atoms with E-state index in [1.165, 1.54) is 0 Å². The van der Waals surface area contributed by atoms with E-state index < -0.39 is 0 Å². The number of amides is 1. The lowest BCUT2D eigenvalue weighted by atomic mass is 9.84. The highest BCUT2D eigenvalue weighted by Crippen LogP contribution is 2.30. The van der Waals surface area contributed by atoms with Crippen molar-refractivity contribution in [2.24, 2.45) is 23.5 Å². The zero-order chi connectivity index (χ0) is 27.5. The summed E-state index contributed by atoms with van der Waals surface area (Å²) in [6, 6.07) is 0.592. The molecule has 2 N–H and O–H groups in total. The molecule has 0 aliphatic carbocycles. The Bertz CT molecular complexity index is 1080. The van der Waals surface area contributed by atoms with Gasteiger partial charge >= 0.3 is 6.01 Å². The molecule has 3 saturated heterocycles. The van der Waals surface area contributed by atoms with Gasteiger partial charge in [0.1, 0.15) is 5.82 Å². The lowest BCUT2D eigenvalue weighted by Crippen LogP contribution is -2.52. The first-order chi connectivity index (χ1) is 18.8. The van der Waals surface area contributed by atoms with Gasteiger partial charge in [-0.25, -0.2) is 9.97 Å². The van der Waals surface area contributed by atoms with Crippen molar-refractivity contribution in [3.8, 4) is 5.88 Å². The summed E-state index contributed by atoms with van der Waals surface area (Å²) in [4.78, 5) is 32.5. The first-order valence-corrected chi connectivity index (χ1v) is 14.6. The molecule has 3 fully saturated rings. The van der Waals surface area contributed by atoms with Crippen molar-refractivity contribution >= 4 is 17.7 Å². The Hall–Kier alpha value is -2.95. The molecular formula is C28H44N8O3. The summed E-state index contributed by atoms with van der Waals surface area (Å²) in [6.45, 7) is 13.2. The van der Waals surface area contributed by atoms with Gasteiger partial charge in [0.15, 0.2) is 5.82 Å². The van der Waals surface area contributed by atoms with E-state index in [1.807, 2.05) is 4.90 Å². The second kappa shape index (κ2) is 12.1. The molecule has 2 aromatic rings. The fraction of sp³-hybridized carbons (Fsp3) is 0.750. The van der Waals surface area contributed by atoms with Crippen LogP contribution in [0.2, 0.25) is 0 Å². The number of piperidine rings is 2. The van der Waals surface area contributed by atoms with Crippen LogP contribution in [0, 0.1) is 17.8 Å². The second-order valence-electron chi connectivity index (χ2n) is 12.1. The molecule has 0 radical (unpaired) electrons. The number of aromatic nitrogens is 4. The van der Waals surface area contributed by atoms with Crippen molar-refractivity contribution in [1.29, 1.82) is 0 Å². The van der Waals surface area contributed by atoms with Gasteiger partial charge in [-0.2, -0.15) is 4.98 Å². The number of carbonyl (C=O) groups is 1. The Morgan fingerprint density at radius 3 is 2.54 bits per heavy atom. The fourth-order valence-electron chi connectivity index (χ4n) is 6.06. The average molecular weight is 541 g/mol. The van der Waals surface area contributed by atoms with Gasteiger partial charge in [0.05, 0.1) is 25.0 Å². The molecular weight excluding hydrogens is 496 g/mol. The van der Waals surface area contributed by atoms with Gasteiger partial charge < -0.3 is 29.7 Å². The van der Waals surface area contributed by atoms with Crippen LogP contribution in [0.25, 0.3) is 0 Å². The van der Waals surface area contributed by atoms with Crippen molar-refractivity contribution in [1.82, 2.24) is 25.0 Å². The molecule has 3 aliphatic heterocycles. The van der Waals surface area contributed by atoms with Crippen LogP contribution in [-0.2, 0) is 4.79 Å². The van der Waals surface area contributed by atoms with E-state index in [0.29, 0.717) is 55.8 Å². The van der Waals surface area contributed by atoms with Gasteiger partial charge in [-0.3, -0.25) is 4.79 Å². The van der Waals surface area contributed by atoms with Crippen LogP contribution in [-0.4, -0.2) is 82.3 Å². The molecule has 3 aliphatic rings. The van der Waals surface area contributed by atoms with Crippen molar-refractivity contribution in [3.63, 3.8) is 0 Å². The molecule has 0 unspecified atom stereocenters. The molecule has 0 saturated carbocycles. The normalized spacial score (nSPS) is 25.5. The fourth-order valence-corrected chi connectivity index (χ4v) is 6.06. The SMILES string of the molecule is CC(C)c1noc(N2CCC([C@H](C)CCOc3cnc(N4C[C@H](N)[C@@H](N5CC[C@@H](C)CC5=O)C4)cn3)CC2)n1. The number of hydrogen-bond acceptors (Lipinski definition) is 10. The summed E-state index contributed by atoms with van der Waals surface area (Å²) in [5, 5.41) is 4.10. The van der Waals surface area contributed by atoms with Crippen LogP contribution in [0.1, 0.15) is 71.5 Å². The molecule has 0 spiro atoms. The van der Waals surface area contributed by atoms with Gasteiger partial charge in [0, 0.05) is 51.1 Å². The van der Waals surface area contributed by atoms with Crippen LogP contribution in [0.5, 0.6) is 5.88 Å². The van der Waals surface area contributed by atoms with Gasteiger partial charge in [-0.05, 0) is 43.4 Å². The molecule has 1 amide bonds. The first kappa shape index (κ1) is 27.6. The van der Waals surface area contributed by atoms with Crippen LogP contribution < -0.4 is 20.3 Å². The van der Waals surface area contributed by atoms with Crippen LogP contribution in [0.15, 0.2) is 16.9 Å². The smallest absolute Gasteiger partial charge is 0.324 e. The van der Waals surface area contributed by atoms with E-state index in [0.717, 1.165) is 57.0 Å². The number of rotatable bonds is 9. The molecule has 0 aromatic carbocycles. The van der Waals surface area contributed by atoms with Crippen LogP contribution in [0.4, 0.5) is 11.8 Å². The van der Waals surface area contributed by atoms with Gasteiger partial charge in [0.2, 0.25) is 11.8 Å². The van der Waals surface area contributed by atoms with Crippen molar-refractivity contribution in [2.75, 3.05) is 49.1 Å². The number of nitrogens with two attached hydrogens (primary N) is 1. The molecule has 214 valence electrons. The maximum atomic E-state index is 12.6. The Morgan fingerprint density at radius 2 is 1.87 bits per heavy atom. The third-order valence-electron chi connectivity index (χ3n) is 8.76. The van der Waals surface area contributed by atoms with E-state index in [2.05, 4.69) is 57.6 Å². The zero-order valence-corrected chi connectivity index (χ0v) is 23.8. The van der Waals surface area contributed by atoms with Crippen molar-refractivity contribution < 1.29 is 14.1 Å². The Morgan fingerprint density at radius 1 is 1.08 bits per heavy atom. The molecule has 5 rings (SSSR count). The summed E-state index contributed by atoms with van der Waals surface area (Å²) < 4.78 is 11.4. The first-order valence-electron chi connectivity index (χ1n) is 14.6. The third kappa shape index (κ3) is 6.45. The molecule has 4 atom stereocenters. The minimum absolute atomic E-state index is 0.0283. The van der Waals surface area contributed by atoms with Crippen LogP contribution in [0.3, 0.4) is 0 Å². The number of nitrogens with zero attached hydrogens (tertiary/aromatic N) is 7. The predicted molar refractivity (Wildman–Crippen MR) is 149 cm³/mol. The van der Waals surface area contributed by atoms with E-state index in [9.17, 15) is 4.79 Å². The quantitative estimate of drug-likeness (QED) is 0.507. The highest BCUT2D eigenvalue weighted by Gasteiger charge is 2.39. The Kier molecular flexibility index (Phi) is 8.54. The molecule has 11 nitrogen and oxygen atoms in total. The predicted octanol–water partition coefficient (Wildman–Crippen LogP) is 3.08. The summed E-state index contributed by atoms with van der Waals surface area (Å²) in [7, 11) is 0. The molecule has 11 heteroatoms. The maximum Gasteiger partial charge on any atom is 0.324 e. The largest absolute Gasteiger partial charge is 0.477 e. The summed E-state index contributed by atoms with van der Waals surface area (Å²) >= 11 is 0. The Balaban J connectivity index is 1.04. The third-order valence-corrected chi connectivity index (χ3v) is 8.76. The average Bonchev–Trinajstić information content (AvgIpc) is 3.57. The topological polar surface area (TPSA) is 127 Å². The highest BCUT2D eigenvalue weighted by atomic mass is 16.5. The van der Waals surface area contributed by atoms with E-state index in [-0.39, 0.29) is 23.9 Å². The number of ether oxygens (including phenoxy) is 1. The van der Waals surface area contributed by atoms with E-state index in [4.69, 9.17) is 15.0 Å². The van der Waals surface area contributed by atoms with E-state index in [1.54, 1.807) is 12.4 Å². The van der Waals surface area contributed by atoms with E-state index >= 15 is 0 Å². The maximum absolute atomic E-state index is 12.6. The van der Waals surface area contributed by atoms with Crippen molar-refractivity contribution in [3.05, 3.63) is 18.2 Å². The number of carbonyl (C=O) groups excluding carboxylic acids is 1. The van der Waals surface area contributed by atoms with Crippen LogP contribution >= 0.6 is 0 Å². The summed E-state index contributed by atoms with van der Waals surface area (Å²) in [6.07, 6.45) is 8.29. The Labute approximate surface area is 231 Å². The van der Waals surface area contributed by atoms with Gasteiger partial charge in [-0.1, -0.05) is 32.9 Å². The molecule has 0 bridgehead atoms. The lowest BCUT2D eigenvalue weighted by Gasteiger charge is -2.36. The standard InChI is InChI=1S/C28H44N8O3/c1-18(2)27-32-28(39-33-27)34-9-6-21(7-10-34)20(4)8-12-38-25-15-30-24(14-31-25)35-16-22(29)23(17-35)36-11-5-19(3)13-26(36)37/h14-15,18-23H,5-13,16-17,29H2,1-4H3/t19-,20-,22+,23+/m1/s1. The number of likely N-dealkylation sites (tertiary alicyclic amines) is 1. The van der Waals surface area contributed by atoms with Gasteiger partial charge in [-0.15, -0.1) is 0 Å².